The summed E-state index contributed by atoms with van der Waals surface area (Å²) in [6, 6.07) is 11.1. The molecule has 1 aromatic carbocycles. The number of benzene rings is 1. The van der Waals surface area contributed by atoms with Crippen LogP contribution in [0.15, 0.2) is 30.3 Å². The summed E-state index contributed by atoms with van der Waals surface area (Å²) in [6.45, 7) is 14.4. The Hall–Kier alpha value is -2.03. The Bertz CT molecular complexity index is 1430. The fraction of sp³-hybridized carbons (Fsp3) is 0.586. The van der Waals surface area contributed by atoms with Crippen LogP contribution >= 0.6 is 11.6 Å². The molecular formula is C29H39BClN3O7Si. The van der Waals surface area contributed by atoms with E-state index in [0.717, 1.165) is 17.1 Å². The van der Waals surface area contributed by atoms with Gasteiger partial charge in [-0.1, -0.05) is 55.5 Å². The maximum Gasteiger partial charge on any atom is 0.494 e. The second-order valence-corrected chi connectivity index (χ2v) is 19.1. The number of pyridine rings is 1. The molecule has 5 atom stereocenters. The second kappa shape index (κ2) is 11.5. The molecule has 3 aliphatic heterocycles. The number of aliphatic hydroxyl groups is 1. The molecule has 3 aromatic rings. The smallest absolute Gasteiger partial charge is 0.456 e. The zero-order chi connectivity index (χ0) is 29.8. The fourth-order valence-electron chi connectivity index (χ4n) is 5.32. The van der Waals surface area contributed by atoms with Crippen LogP contribution in [0.5, 0.6) is 6.01 Å². The number of aliphatic hydroxyl groups excluding tert-OH is 1. The van der Waals surface area contributed by atoms with Gasteiger partial charge < -0.3 is 33.4 Å². The van der Waals surface area contributed by atoms with Crippen LogP contribution in [-0.2, 0) is 30.3 Å². The Morgan fingerprint density at radius 1 is 1.12 bits per heavy atom. The number of hydrogen-bond acceptors (Lipinski definition) is 9. The monoisotopic (exact) mass is 615 g/mol. The first-order chi connectivity index (χ1) is 19.9. The highest BCUT2D eigenvalue weighted by Crippen LogP contribution is 2.34. The lowest BCUT2D eigenvalue weighted by Crippen LogP contribution is -2.35. The Balaban J connectivity index is 1.29. The van der Waals surface area contributed by atoms with Gasteiger partial charge >= 0.3 is 13.1 Å². The molecule has 0 aliphatic carbocycles. The minimum absolute atomic E-state index is 0.0164. The molecule has 2 aromatic heterocycles. The van der Waals surface area contributed by atoms with Gasteiger partial charge in [-0.25, -0.2) is 4.98 Å². The largest absolute Gasteiger partial charge is 0.494 e. The second-order valence-electron chi connectivity index (χ2n) is 13.1. The van der Waals surface area contributed by atoms with Gasteiger partial charge in [0.25, 0.3) is 0 Å². The van der Waals surface area contributed by atoms with E-state index in [1.807, 2.05) is 49.6 Å². The maximum absolute atomic E-state index is 10.2. The lowest BCUT2D eigenvalue weighted by Gasteiger charge is -2.21. The Morgan fingerprint density at radius 3 is 2.55 bits per heavy atom. The summed E-state index contributed by atoms with van der Waals surface area (Å²) in [5, 5.41) is 10.6. The molecule has 3 fully saturated rings. The molecule has 5 heterocycles. The van der Waals surface area contributed by atoms with Gasteiger partial charge in [0.15, 0.2) is 11.8 Å². The van der Waals surface area contributed by atoms with Crippen LogP contribution in [0, 0.1) is 0 Å². The van der Waals surface area contributed by atoms with Crippen LogP contribution in [0.1, 0.15) is 20.8 Å². The highest BCUT2D eigenvalue weighted by atomic mass is 35.5. The number of ether oxygens (including phenoxy) is 4. The number of hydrogen-bond donors (Lipinski definition) is 1. The number of nitrogens with zero attached hydrogens (tertiary/aromatic N) is 3. The van der Waals surface area contributed by atoms with Gasteiger partial charge in [0.1, 0.15) is 30.6 Å². The normalized spacial score (nSPS) is 27.2. The molecule has 6 rings (SSSR count). The lowest BCUT2D eigenvalue weighted by atomic mass is 9.79. The first kappa shape index (κ1) is 30.0. The summed E-state index contributed by atoms with van der Waals surface area (Å²) in [5.41, 5.74) is 3.24. The van der Waals surface area contributed by atoms with E-state index >= 15 is 0 Å². The van der Waals surface area contributed by atoms with E-state index in [-0.39, 0.29) is 31.1 Å². The number of rotatable bonds is 9. The molecule has 0 saturated carbocycles. The van der Waals surface area contributed by atoms with E-state index < -0.39 is 33.5 Å². The van der Waals surface area contributed by atoms with E-state index in [9.17, 15) is 5.11 Å². The van der Waals surface area contributed by atoms with Crippen molar-refractivity contribution in [2.45, 2.75) is 89.3 Å². The van der Waals surface area contributed by atoms with Crippen LogP contribution in [0.4, 0.5) is 0 Å². The van der Waals surface area contributed by atoms with Gasteiger partial charge in [0.2, 0.25) is 0 Å². The quantitative estimate of drug-likeness (QED) is 0.284. The van der Waals surface area contributed by atoms with Crippen molar-refractivity contribution in [3.8, 4) is 17.3 Å². The third-order valence-electron chi connectivity index (χ3n) is 8.27. The Morgan fingerprint density at radius 2 is 1.86 bits per heavy atom. The first-order valence-electron chi connectivity index (χ1n) is 14.6. The van der Waals surface area contributed by atoms with Gasteiger partial charge in [-0.15, -0.1) is 0 Å². The maximum atomic E-state index is 10.2. The van der Waals surface area contributed by atoms with E-state index in [4.69, 9.17) is 49.8 Å². The van der Waals surface area contributed by atoms with Crippen molar-refractivity contribution in [1.29, 1.82) is 0 Å². The Kier molecular flexibility index (Phi) is 8.20. The molecule has 5 unspecified atom stereocenters. The molecule has 13 heteroatoms. The summed E-state index contributed by atoms with van der Waals surface area (Å²) in [4.78, 5) is 9.70. The molecule has 3 saturated heterocycles. The molecule has 3 aliphatic rings. The molecule has 10 nitrogen and oxygen atoms in total. The van der Waals surface area contributed by atoms with Gasteiger partial charge in [-0.05, 0) is 38.3 Å². The number of halogens is 1. The number of imidazole rings is 1. The van der Waals surface area contributed by atoms with Gasteiger partial charge in [0.05, 0.1) is 35.6 Å². The van der Waals surface area contributed by atoms with Crippen molar-refractivity contribution in [3.05, 3.63) is 35.4 Å². The molecule has 42 heavy (non-hydrogen) atoms. The third kappa shape index (κ3) is 6.00. The van der Waals surface area contributed by atoms with Crippen LogP contribution in [-0.4, -0.2) is 90.8 Å². The molecule has 0 radical (unpaired) electrons. The van der Waals surface area contributed by atoms with Crippen molar-refractivity contribution in [3.63, 3.8) is 0 Å². The van der Waals surface area contributed by atoms with Crippen LogP contribution < -0.4 is 10.2 Å². The molecular weight excluding hydrogens is 577 g/mol. The highest BCUT2D eigenvalue weighted by molar-refractivity contribution is 6.76. The minimum Gasteiger partial charge on any atom is -0.456 e. The highest BCUT2D eigenvalue weighted by Gasteiger charge is 2.49. The van der Waals surface area contributed by atoms with E-state index in [1.54, 1.807) is 6.07 Å². The van der Waals surface area contributed by atoms with Gasteiger partial charge in [0, 0.05) is 20.2 Å². The summed E-state index contributed by atoms with van der Waals surface area (Å²) < 4.78 is 38.0. The number of aromatic nitrogens is 3. The number of fused-ring (bicyclic) bond motifs is 2. The van der Waals surface area contributed by atoms with Crippen LogP contribution in [0.3, 0.4) is 0 Å². The van der Waals surface area contributed by atoms with E-state index in [1.165, 1.54) is 0 Å². The molecule has 0 bridgehead atoms. The zero-order valence-electron chi connectivity index (χ0n) is 25.0. The summed E-state index contributed by atoms with van der Waals surface area (Å²) in [6.07, 6.45) is -1.87. The van der Waals surface area contributed by atoms with Gasteiger partial charge in [-0.3, -0.25) is 4.57 Å². The van der Waals surface area contributed by atoms with Crippen molar-refractivity contribution in [2.24, 2.45) is 0 Å². The third-order valence-corrected chi connectivity index (χ3v) is 10.3. The average Bonchev–Trinajstić information content (AvgIpc) is 3.65. The minimum atomic E-state index is -1.27. The van der Waals surface area contributed by atoms with E-state index in [2.05, 4.69) is 19.6 Å². The summed E-state index contributed by atoms with van der Waals surface area (Å²) >= 11 is 6.76. The topological polar surface area (TPSA) is 106 Å². The van der Waals surface area contributed by atoms with Crippen LogP contribution in [0.2, 0.25) is 30.7 Å². The fourth-order valence-corrected chi connectivity index (χ4v) is 6.33. The predicted octanol–water partition coefficient (Wildman–Crippen LogP) is 3.88. The predicted molar refractivity (Wildman–Crippen MR) is 163 cm³/mol. The molecule has 226 valence electrons. The summed E-state index contributed by atoms with van der Waals surface area (Å²) in [5.74, 6) is 0. The van der Waals surface area contributed by atoms with Crippen molar-refractivity contribution < 1.29 is 33.4 Å². The zero-order valence-corrected chi connectivity index (χ0v) is 26.8. The summed E-state index contributed by atoms with van der Waals surface area (Å²) in [7, 11) is -1.70. The van der Waals surface area contributed by atoms with Crippen molar-refractivity contribution in [2.75, 3.05) is 19.8 Å². The molecule has 1 N–H and O–H groups in total. The van der Waals surface area contributed by atoms with E-state index in [0.29, 0.717) is 41.1 Å². The lowest BCUT2D eigenvalue weighted by molar-refractivity contribution is 0.00336. The molecule has 0 amide bonds. The van der Waals surface area contributed by atoms with Crippen molar-refractivity contribution >= 4 is 43.4 Å². The van der Waals surface area contributed by atoms with Gasteiger partial charge in [-0.2, -0.15) is 4.98 Å². The van der Waals surface area contributed by atoms with Crippen LogP contribution in [0.25, 0.3) is 22.4 Å². The standard InChI is InChI=1S/C29H39BClN3O7Si/c1-17-29(2,3)41-30(40-17)19-9-7-18(8-10-19)24-20(31)13-21-27(33-24)34(16-36-11-12-42(4,5)6)28(32-21)39-23-15-38-25-22(35)14-37-26(23)25/h7-10,13,17,22-23,25-26,35H,11-12,14-16H2,1-6H3. The first-order valence-corrected chi connectivity index (χ1v) is 18.6. The van der Waals surface area contributed by atoms with Crippen molar-refractivity contribution in [1.82, 2.24) is 14.5 Å². The molecule has 0 spiro atoms. The average molecular weight is 616 g/mol. The Labute approximate surface area is 252 Å². The SMILES string of the molecule is CC1OB(c2ccc(-c3nc4c(cc3Cl)nc(OC3COC5C(O)COC35)n4COCC[Si](C)(C)C)cc2)OC1(C)C.